The molecule has 110 valence electrons. The summed E-state index contributed by atoms with van der Waals surface area (Å²) in [6.45, 7) is 3.40. The molecule has 0 unspecified atom stereocenters. The van der Waals surface area contributed by atoms with E-state index in [1.165, 1.54) is 5.69 Å². The van der Waals surface area contributed by atoms with Gasteiger partial charge in [0.15, 0.2) is 0 Å². The third-order valence-electron chi connectivity index (χ3n) is 3.97. The van der Waals surface area contributed by atoms with Crippen molar-refractivity contribution >= 4 is 11.6 Å². The second-order valence-electron chi connectivity index (χ2n) is 5.34. The van der Waals surface area contributed by atoms with Crippen molar-refractivity contribution in [2.24, 2.45) is 7.05 Å². The first-order chi connectivity index (χ1) is 10.3. The van der Waals surface area contributed by atoms with Gasteiger partial charge in [0.2, 0.25) is 0 Å². The van der Waals surface area contributed by atoms with Crippen molar-refractivity contribution in [3.8, 4) is 0 Å². The number of aryl methyl sites for hydroxylation is 1. The fourth-order valence-corrected chi connectivity index (χ4v) is 2.78. The zero-order valence-corrected chi connectivity index (χ0v) is 12.3. The molecule has 5 heteroatoms. The monoisotopic (exact) mass is 284 g/mol. The van der Waals surface area contributed by atoms with Gasteiger partial charge in [-0.2, -0.15) is 0 Å². The fourth-order valence-electron chi connectivity index (χ4n) is 2.78. The van der Waals surface area contributed by atoms with E-state index in [0.717, 1.165) is 38.3 Å². The molecule has 1 saturated heterocycles. The van der Waals surface area contributed by atoms with E-state index in [2.05, 4.69) is 9.88 Å². The van der Waals surface area contributed by atoms with Crippen LogP contribution in [0.1, 0.15) is 16.9 Å². The van der Waals surface area contributed by atoms with Gasteiger partial charge in [-0.3, -0.25) is 9.78 Å². The molecule has 1 aliphatic heterocycles. The molecule has 0 aliphatic carbocycles. The van der Waals surface area contributed by atoms with E-state index in [0.29, 0.717) is 0 Å². The average molecular weight is 284 g/mol. The van der Waals surface area contributed by atoms with Crippen molar-refractivity contribution in [1.82, 2.24) is 14.5 Å². The number of amides is 1. The number of pyridine rings is 1. The van der Waals surface area contributed by atoms with Crippen molar-refractivity contribution in [2.45, 2.75) is 6.42 Å². The summed E-state index contributed by atoms with van der Waals surface area (Å²) in [5.74, 6) is 0.124. The molecule has 0 radical (unpaired) electrons. The van der Waals surface area contributed by atoms with Gasteiger partial charge in [-0.05, 0) is 30.7 Å². The van der Waals surface area contributed by atoms with Crippen LogP contribution in [0.25, 0.3) is 0 Å². The Bertz CT molecular complexity index is 608. The molecule has 0 bridgehead atoms. The third kappa shape index (κ3) is 2.91. The smallest absolute Gasteiger partial charge is 0.270 e. The Morgan fingerprint density at radius 2 is 1.90 bits per heavy atom. The van der Waals surface area contributed by atoms with Gasteiger partial charge in [0, 0.05) is 57.5 Å². The first-order valence-electron chi connectivity index (χ1n) is 7.31. The van der Waals surface area contributed by atoms with Gasteiger partial charge in [-0.15, -0.1) is 0 Å². The summed E-state index contributed by atoms with van der Waals surface area (Å²) in [5, 5.41) is 0. The lowest BCUT2D eigenvalue weighted by Crippen LogP contribution is -2.36. The molecule has 0 saturated carbocycles. The third-order valence-corrected chi connectivity index (χ3v) is 3.97. The van der Waals surface area contributed by atoms with E-state index >= 15 is 0 Å². The van der Waals surface area contributed by atoms with Crippen LogP contribution in [0.15, 0.2) is 42.9 Å². The highest BCUT2D eigenvalue weighted by molar-refractivity contribution is 5.92. The Morgan fingerprint density at radius 3 is 2.62 bits per heavy atom. The molecule has 21 heavy (non-hydrogen) atoms. The van der Waals surface area contributed by atoms with E-state index < -0.39 is 0 Å². The Kier molecular flexibility index (Phi) is 3.90. The highest BCUT2D eigenvalue weighted by Gasteiger charge is 2.21. The van der Waals surface area contributed by atoms with Gasteiger partial charge in [0.25, 0.3) is 5.91 Å². The lowest BCUT2D eigenvalue weighted by molar-refractivity contribution is 0.0757. The molecule has 0 spiro atoms. The lowest BCUT2D eigenvalue weighted by atomic mass is 10.3. The molecule has 1 amide bonds. The largest absolute Gasteiger partial charge is 0.370 e. The molecule has 0 N–H and O–H groups in total. The molecule has 2 aromatic rings. The number of rotatable bonds is 2. The maximum absolute atomic E-state index is 12.6. The standard InChI is InChI=1S/C16H20N4O/c1-18-9-2-4-15(18)16(21)20-11-3-10-19(12-13-20)14-5-7-17-8-6-14/h2,4-9H,3,10-13H2,1H3. The van der Waals surface area contributed by atoms with E-state index in [-0.39, 0.29) is 5.91 Å². The minimum atomic E-state index is 0.124. The molecular weight excluding hydrogens is 264 g/mol. The van der Waals surface area contributed by atoms with Crippen molar-refractivity contribution < 1.29 is 4.79 Å². The van der Waals surface area contributed by atoms with E-state index in [4.69, 9.17) is 0 Å². The molecule has 3 heterocycles. The summed E-state index contributed by atoms with van der Waals surface area (Å²) in [7, 11) is 1.91. The first kappa shape index (κ1) is 13.7. The molecule has 0 aromatic carbocycles. The number of anilines is 1. The second kappa shape index (κ2) is 5.99. The van der Waals surface area contributed by atoms with Gasteiger partial charge >= 0.3 is 0 Å². The van der Waals surface area contributed by atoms with Gasteiger partial charge in [-0.1, -0.05) is 0 Å². The molecule has 1 aliphatic rings. The molecule has 5 nitrogen and oxygen atoms in total. The maximum Gasteiger partial charge on any atom is 0.270 e. The summed E-state index contributed by atoms with van der Waals surface area (Å²) in [6.07, 6.45) is 6.52. The van der Waals surface area contributed by atoms with E-state index in [9.17, 15) is 4.79 Å². The summed E-state index contributed by atoms with van der Waals surface area (Å²) in [4.78, 5) is 20.9. The topological polar surface area (TPSA) is 41.4 Å². The first-order valence-corrected chi connectivity index (χ1v) is 7.31. The predicted molar refractivity (Wildman–Crippen MR) is 82.4 cm³/mol. The van der Waals surface area contributed by atoms with E-state index in [1.54, 1.807) is 0 Å². The fraction of sp³-hybridized carbons (Fsp3) is 0.375. The molecule has 1 fully saturated rings. The van der Waals surface area contributed by atoms with Crippen molar-refractivity contribution in [3.63, 3.8) is 0 Å². The molecule has 2 aromatic heterocycles. The quantitative estimate of drug-likeness (QED) is 0.844. The maximum atomic E-state index is 12.6. The Morgan fingerprint density at radius 1 is 1.10 bits per heavy atom. The van der Waals surface area contributed by atoms with Gasteiger partial charge in [0.05, 0.1) is 0 Å². The SMILES string of the molecule is Cn1cccc1C(=O)N1CCCN(c2ccncc2)CC1. The van der Waals surface area contributed by atoms with Crippen molar-refractivity contribution in [3.05, 3.63) is 48.5 Å². The number of hydrogen-bond acceptors (Lipinski definition) is 3. The van der Waals surface area contributed by atoms with Crippen LogP contribution in [0.3, 0.4) is 0 Å². The van der Waals surface area contributed by atoms with Crippen LogP contribution in [0, 0.1) is 0 Å². The Balaban J connectivity index is 1.69. The zero-order valence-electron chi connectivity index (χ0n) is 12.3. The minimum absolute atomic E-state index is 0.124. The summed E-state index contributed by atoms with van der Waals surface area (Å²) >= 11 is 0. The van der Waals surface area contributed by atoms with Gasteiger partial charge < -0.3 is 14.4 Å². The van der Waals surface area contributed by atoms with Crippen LogP contribution in [-0.4, -0.2) is 46.5 Å². The van der Waals surface area contributed by atoms with Gasteiger partial charge in [0.1, 0.15) is 5.69 Å². The Labute approximate surface area is 124 Å². The summed E-state index contributed by atoms with van der Waals surface area (Å²) in [6, 6.07) is 7.84. The lowest BCUT2D eigenvalue weighted by Gasteiger charge is -2.23. The number of carbonyl (C=O) groups excluding carboxylic acids is 1. The Hall–Kier alpha value is -2.30. The second-order valence-corrected chi connectivity index (χ2v) is 5.34. The number of nitrogens with zero attached hydrogens (tertiary/aromatic N) is 4. The molecule has 0 atom stereocenters. The highest BCUT2D eigenvalue weighted by Crippen LogP contribution is 2.16. The van der Waals surface area contributed by atoms with Crippen LogP contribution in [0.5, 0.6) is 0 Å². The normalized spacial score (nSPS) is 15.9. The zero-order chi connectivity index (χ0) is 14.7. The van der Waals surface area contributed by atoms with Gasteiger partial charge in [-0.25, -0.2) is 0 Å². The summed E-state index contributed by atoms with van der Waals surface area (Å²) in [5.41, 5.74) is 1.94. The van der Waals surface area contributed by atoms with Crippen LogP contribution < -0.4 is 4.90 Å². The highest BCUT2D eigenvalue weighted by atomic mass is 16.2. The number of aromatic nitrogens is 2. The van der Waals surface area contributed by atoms with Crippen LogP contribution in [0.4, 0.5) is 5.69 Å². The summed E-state index contributed by atoms with van der Waals surface area (Å²) < 4.78 is 1.88. The van der Waals surface area contributed by atoms with Crippen LogP contribution in [-0.2, 0) is 7.05 Å². The molecular formula is C16H20N4O. The van der Waals surface area contributed by atoms with Crippen molar-refractivity contribution in [2.75, 3.05) is 31.1 Å². The number of hydrogen-bond donors (Lipinski definition) is 0. The predicted octanol–water partition coefficient (Wildman–Crippen LogP) is 1.77. The average Bonchev–Trinajstić information content (AvgIpc) is 2.80. The van der Waals surface area contributed by atoms with Crippen LogP contribution in [0.2, 0.25) is 0 Å². The van der Waals surface area contributed by atoms with Crippen molar-refractivity contribution in [1.29, 1.82) is 0 Å². The van der Waals surface area contributed by atoms with Crippen LogP contribution >= 0.6 is 0 Å². The number of carbonyl (C=O) groups is 1. The minimum Gasteiger partial charge on any atom is -0.370 e. The van der Waals surface area contributed by atoms with E-state index in [1.807, 2.05) is 59.4 Å². The molecule has 3 rings (SSSR count).